The lowest BCUT2D eigenvalue weighted by atomic mass is 9.82. The molecule has 2 aliphatic heterocycles. The van der Waals surface area contributed by atoms with E-state index in [1.807, 2.05) is 47.4 Å². The van der Waals surface area contributed by atoms with Crippen LogP contribution in [0, 0.1) is 17.3 Å². The average Bonchev–Trinajstić information content (AvgIpc) is 3.71. The quantitative estimate of drug-likeness (QED) is 0.141. The topological polar surface area (TPSA) is 98.1 Å². The molecular weight excluding hydrogens is 663 g/mol. The Balaban J connectivity index is 1.28. The van der Waals surface area contributed by atoms with Crippen LogP contribution in [0.25, 0.3) is 32.6 Å². The minimum Gasteiger partial charge on any atom is -0.427 e. The molecule has 2 aromatic carbocycles. The molecule has 7 rings (SSSR count). The van der Waals surface area contributed by atoms with Crippen LogP contribution in [-0.2, 0) is 25.6 Å². The highest BCUT2D eigenvalue weighted by Gasteiger charge is 2.38. The summed E-state index contributed by atoms with van der Waals surface area (Å²) in [7, 11) is 2.09. The minimum absolute atomic E-state index is 0.0208. The number of piperidine rings is 1. The Morgan fingerprint density at radius 2 is 1.63 bits per heavy atom. The molecule has 1 saturated heterocycles. The third-order valence-corrected chi connectivity index (χ3v) is 12.0. The van der Waals surface area contributed by atoms with Gasteiger partial charge in [0.25, 0.3) is 0 Å². The Kier molecular flexibility index (Phi) is 9.67. The van der Waals surface area contributed by atoms with Crippen LogP contribution >= 0.6 is 11.3 Å². The number of ketones is 1. The number of amides is 1. The molecule has 268 valence electrons. The molecule has 1 saturated carbocycles. The number of hydrogen-bond donors (Lipinski definition) is 0. The lowest BCUT2D eigenvalue weighted by molar-refractivity contribution is -0.161. The molecule has 10 heteroatoms. The van der Waals surface area contributed by atoms with Gasteiger partial charge in [0, 0.05) is 38.9 Å². The van der Waals surface area contributed by atoms with Crippen LogP contribution in [0.2, 0.25) is 0 Å². The number of carbonyl (C=O) groups excluding carboxylic acids is 4. The third kappa shape index (κ3) is 7.00. The summed E-state index contributed by atoms with van der Waals surface area (Å²) >= 11 is 1.25. The highest BCUT2D eigenvalue weighted by atomic mass is 32.1. The molecule has 4 heterocycles. The summed E-state index contributed by atoms with van der Waals surface area (Å²) in [6.07, 6.45) is 5.23. The van der Waals surface area contributed by atoms with Gasteiger partial charge in [0.05, 0.1) is 23.3 Å². The van der Waals surface area contributed by atoms with Crippen molar-refractivity contribution in [2.75, 3.05) is 31.8 Å². The number of ether oxygens (including phenoxy) is 2. The van der Waals surface area contributed by atoms with Crippen molar-refractivity contribution in [1.82, 2.24) is 9.47 Å². The molecule has 0 radical (unpaired) electrons. The number of fused-ring (bicyclic) bond motifs is 5. The smallest absolute Gasteiger partial charge is 0.353 e. The van der Waals surface area contributed by atoms with Gasteiger partial charge in [-0.2, -0.15) is 0 Å². The van der Waals surface area contributed by atoms with E-state index in [0.29, 0.717) is 17.2 Å². The summed E-state index contributed by atoms with van der Waals surface area (Å²) in [5, 5.41) is 1.09. The van der Waals surface area contributed by atoms with Crippen molar-refractivity contribution >= 4 is 51.6 Å². The molecule has 4 aromatic rings. The summed E-state index contributed by atoms with van der Waals surface area (Å²) in [5.41, 5.74) is 4.11. The predicted octanol–water partition coefficient (Wildman–Crippen LogP) is 8.19. The third-order valence-electron chi connectivity index (χ3n) is 10.8. The maximum atomic E-state index is 14.6. The van der Waals surface area contributed by atoms with E-state index in [1.165, 1.54) is 11.3 Å². The minimum atomic E-state index is -0.749. The van der Waals surface area contributed by atoms with E-state index in [2.05, 4.69) is 35.6 Å². The van der Waals surface area contributed by atoms with Crippen LogP contribution in [0.1, 0.15) is 86.2 Å². The van der Waals surface area contributed by atoms with Crippen LogP contribution in [0.15, 0.2) is 54.6 Å². The average molecular weight is 710 g/mol. The number of nitrogens with zero attached hydrogens (tertiary/aromatic N) is 3. The number of anilines is 1. The first-order chi connectivity index (χ1) is 24.4. The number of Topliss-reactive ketones (excluding diaryl/α,β-unsaturated/α-hetero) is 1. The van der Waals surface area contributed by atoms with Crippen LogP contribution in [0.3, 0.4) is 0 Å². The molecular formula is C41H47N3O6S. The highest BCUT2D eigenvalue weighted by Crippen LogP contribution is 2.43. The summed E-state index contributed by atoms with van der Waals surface area (Å²) < 4.78 is 12.9. The number of esters is 2. The van der Waals surface area contributed by atoms with Crippen molar-refractivity contribution in [2.24, 2.45) is 17.3 Å². The SMILES string of the molecule is CC1CCC(C(=O)N(c2cc(-c3ccc4c(c3)C(=O)Cn3c-4cc4ccccc43)sc2C(=O)OCOC(=O)C(C)(C)C)C2CCN(C)CC2)CC1. The van der Waals surface area contributed by atoms with Gasteiger partial charge in [0.15, 0.2) is 5.78 Å². The first-order valence-electron chi connectivity index (χ1n) is 18.1. The molecule has 0 bridgehead atoms. The number of hydrogen-bond acceptors (Lipinski definition) is 8. The van der Waals surface area contributed by atoms with E-state index >= 15 is 0 Å². The first-order valence-corrected chi connectivity index (χ1v) is 19.0. The summed E-state index contributed by atoms with van der Waals surface area (Å²) in [6.45, 7) is 8.87. The fourth-order valence-corrected chi connectivity index (χ4v) is 8.74. The van der Waals surface area contributed by atoms with Crippen molar-refractivity contribution in [3.63, 3.8) is 0 Å². The fourth-order valence-electron chi connectivity index (χ4n) is 7.70. The Hall–Kier alpha value is -4.28. The summed E-state index contributed by atoms with van der Waals surface area (Å²) in [5.74, 6) is -0.573. The van der Waals surface area contributed by atoms with Crippen molar-refractivity contribution in [3.8, 4) is 21.7 Å². The maximum Gasteiger partial charge on any atom is 0.353 e. The van der Waals surface area contributed by atoms with Gasteiger partial charge < -0.3 is 23.8 Å². The second-order valence-corrected chi connectivity index (χ2v) is 16.7. The first kappa shape index (κ1) is 35.1. The molecule has 1 amide bonds. The summed E-state index contributed by atoms with van der Waals surface area (Å²) in [4.78, 5) is 59.8. The van der Waals surface area contributed by atoms with Crippen molar-refractivity contribution in [1.29, 1.82) is 0 Å². The van der Waals surface area contributed by atoms with E-state index in [0.717, 1.165) is 84.2 Å². The van der Waals surface area contributed by atoms with E-state index in [9.17, 15) is 19.2 Å². The number of aromatic nitrogens is 1. The Morgan fingerprint density at radius 3 is 2.35 bits per heavy atom. The van der Waals surface area contributed by atoms with Crippen molar-refractivity contribution in [3.05, 3.63) is 65.0 Å². The molecule has 0 atom stereocenters. The van der Waals surface area contributed by atoms with Crippen molar-refractivity contribution < 1.29 is 28.7 Å². The Labute approximate surface area is 303 Å². The molecule has 9 nitrogen and oxygen atoms in total. The van der Waals surface area contributed by atoms with Crippen LogP contribution in [0.4, 0.5) is 5.69 Å². The summed E-state index contributed by atoms with van der Waals surface area (Å²) in [6, 6.07) is 17.9. The normalized spacial score (nSPS) is 19.7. The van der Waals surface area contributed by atoms with Gasteiger partial charge >= 0.3 is 11.9 Å². The molecule has 0 unspecified atom stereocenters. The number of rotatable bonds is 7. The van der Waals surface area contributed by atoms with Gasteiger partial charge in [-0.25, -0.2) is 4.79 Å². The Morgan fingerprint density at radius 1 is 0.902 bits per heavy atom. The largest absolute Gasteiger partial charge is 0.427 e. The molecule has 3 aliphatic rings. The van der Waals surface area contributed by atoms with Crippen molar-refractivity contribution in [2.45, 2.75) is 78.8 Å². The number of thiophene rings is 1. The van der Waals surface area contributed by atoms with E-state index in [4.69, 9.17) is 9.47 Å². The van der Waals surface area contributed by atoms with E-state index in [-0.39, 0.29) is 35.1 Å². The zero-order valence-electron chi connectivity index (χ0n) is 30.2. The molecule has 1 aliphatic carbocycles. The van der Waals surface area contributed by atoms with Gasteiger partial charge in [0.1, 0.15) is 4.88 Å². The number of likely N-dealkylation sites (tertiary alicyclic amines) is 1. The van der Waals surface area contributed by atoms with Gasteiger partial charge in [0.2, 0.25) is 12.7 Å². The van der Waals surface area contributed by atoms with Crippen LogP contribution in [-0.4, -0.2) is 66.1 Å². The lowest BCUT2D eigenvalue weighted by Gasteiger charge is -2.40. The second kappa shape index (κ2) is 14.0. The molecule has 51 heavy (non-hydrogen) atoms. The van der Waals surface area contributed by atoms with Gasteiger partial charge in [-0.3, -0.25) is 14.4 Å². The van der Waals surface area contributed by atoms with E-state index < -0.39 is 24.1 Å². The highest BCUT2D eigenvalue weighted by molar-refractivity contribution is 7.18. The lowest BCUT2D eigenvalue weighted by Crippen LogP contribution is -2.49. The number of carbonyl (C=O) groups is 4. The zero-order valence-corrected chi connectivity index (χ0v) is 31.0. The molecule has 0 N–H and O–H groups in total. The Bertz CT molecular complexity index is 1990. The predicted molar refractivity (Wildman–Crippen MR) is 200 cm³/mol. The molecule has 2 aromatic heterocycles. The molecule has 0 spiro atoms. The van der Waals surface area contributed by atoms with E-state index in [1.54, 1.807) is 20.8 Å². The fraction of sp³-hybridized carbons (Fsp3) is 0.463. The zero-order chi connectivity index (χ0) is 36.0. The van der Waals surface area contributed by atoms with Crippen LogP contribution in [0.5, 0.6) is 0 Å². The monoisotopic (exact) mass is 709 g/mol. The standard InChI is InChI=1S/C41H47N3O6S/c1-25-10-12-26(13-11-25)38(46)44(29-16-18-42(5)19-17-29)34-22-36(51-37(34)39(47)49-24-50-40(48)41(2,3)4)28-14-15-30-31(20-28)35(45)23-43-32-9-7-6-8-27(32)21-33(30)43/h6-9,14-15,20-22,25-26,29H,10-13,16-19,23-24H2,1-5H3. The van der Waals surface area contributed by atoms with Crippen LogP contribution < -0.4 is 4.90 Å². The molecule has 2 fully saturated rings. The van der Waals surface area contributed by atoms with Gasteiger partial charge in [-0.15, -0.1) is 11.3 Å². The second-order valence-electron chi connectivity index (χ2n) is 15.6. The van der Waals surface area contributed by atoms with Gasteiger partial charge in [-0.05, 0) is 115 Å². The maximum absolute atomic E-state index is 14.6. The van der Waals surface area contributed by atoms with Gasteiger partial charge in [-0.1, -0.05) is 37.3 Å². The number of para-hydroxylation sites is 1. The number of benzene rings is 2.